The summed E-state index contributed by atoms with van der Waals surface area (Å²) < 4.78 is 5.40. The van der Waals surface area contributed by atoms with Crippen LogP contribution in [-0.4, -0.2) is 30.1 Å². The first-order valence-electron chi connectivity index (χ1n) is 5.28. The number of aromatic nitrogens is 1. The highest BCUT2D eigenvalue weighted by molar-refractivity contribution is 6.29. The van der Waals surface area contributed by atoms with Crippen molar-refractivity contribution in [3.63, 3.8) is 0 Å². The van der Waals surface area contributed by atoms with Crippen molar-refractivity contribution in [2.75, 3.05) is 13.2 Å². The molecule has 0 unspecified atom stereocenters. The van der Waals surface area contributed by atoms with Crippen molar-refractivity contribution in [3.05, 3.63) is 29.0 Å². The predicted molar refractivity (Wildman–Crippen MR) is 60.6 cm³/mol. The maximum Gasteiger partial charge on any atom is 0.270 e. The maximum absolute atomic E-state index is 11.7. The number of pyridine rings is 1. The topological polar surface area (TPSA) is 51.2 Å². The number of rotatable bonds is 3. The summed E-state index contributed by atoms with van der Waals surface area (Å²) in [7, 11) is 0. The van der Waals surface area contributed by atoms with Crippen LogP contribution < -0.4 is 5.32 Å². The smallest absolute Gasteiger partial charge is 0.270 e. The average molecular weight is 241 g/mol. The van der Waals surface area contributed by atoms with Gasteiger partial charge in [-0.25, -0.2) is 4.98 Å². The first kappa shape index (κ1) is 11.4. The SMILES string of the molecule is O=C(NC[C@@H]1CCCO1)c1cccc(Cl)n1. The molecule has 16 heavy (non-hydrogen) atoms. The second-order valence-electron chi connectivity index (χ2n) is 3.69. The van der Waals surface area contributed by atoms with Crippen LogP contribution in [0, 0.1) is 0 Å². The third kappa shape index (κ3) is 2.93. The minimum Gasteiger partial charge on any atom is -0.376 e. The van der Waals surface area contributed by atoms with E-state index in [1.165, 1.54) is 0 Å². The van der Waals surface area contributed by atoms with E-state index in [2.05, 4.69) is 10.3 Å². The fourth-order valence-corrected chi connectivity index (χ4v) is 1.80. The van der Waals surface area contributed by atoms with Crippen LogP contribution in [0.2, 0.25) is 5.15 Å². The Morgan fingerprint density at radius 1 is 1.62 bits per heavy atom. The molecule has 0 aliphatic carbocycles. The van der Waals surface area contributed by atoms with Crippen LogP contribution >= 0.6 is 11.6 Å². The van der Waals surface area contributed by atoms with Crippen molar-refractivity contribution in [2.45, 2.75) is 18.9 Å². The minimum atomic E-state index is -0.210. The van der Waals surface area contributed by atoms with Gasteiger partial charge in [0.25, 0.3) is 5.91 Å². The molecule has 1 aromatic heterocycles. The van der Waals surface area contributed by atoms with Gasteiger partial charge in [-0.1, -0.05) is 17.7 Å². The quantitative estimate of drug-likeness (QED) is 0.818. The van der Waals surface area contributed by atoms with Gasteiger partial charge >= 0.3 is 0 Å². The number of carbonyl (C=O) groups excluding carboxylic acids is 1. The molecule has 1 atom stereocenters. The monoisotopic (exact) mass is 240 g/mol. The molecular formula is C11H13ClN2O2. The first-order valence-corrected chi connectivity index (χ1v) is 5.66. The van der Waals surface area contributed by atoms with Gasteiger partial charge in [-0.15, -0.1) is 0 Å². The number of halogens is 1. The Labute approximate surface area is 99.0 Å². The van der Waals surface area contributed by atoms with Crippen LogP contribution in [0.1, 0.15) is 23.3 Å². The lowest BCUT2D eigenvalue weighted by atomic mass is 10.2. The van der Waals surface area contributed by atoms with Crippen molar-refractivity contribution >= 4 is 17.5 Å². The van der Waals surface area contributed by atoms with Gasteiger partial charge in [0.15, 0.2) is 0 Å². The van der Waals surface area contributed by atoms with Crippen molar-refractivity contribution in [3.8, 4) is 0 Å². The van der Waals surface area contributed by atoms with Gasteiger partial charge in [0.05, 0.1) is 6.10 Å². The second kappa shape index (κ2) is 5.27. The molecule has 4 nitrogen and oxygen atoms in total. The van der Waals surface area contributed by atoms with Crippen molar-refractivity contribution in [2.24, 2.45) is 0 Å². The molecule has 1 aliphatic rings. The van der Waals surface area contributed by atoms with E-state index >= 15 is 0 Å². The van der Waals surface area contributed by atoms with Crippen LogP contribution in [0.4, 0.5) is 0 Å². The highest BCUT2D eigenvalue weighted by Gasteiger charge is 2.16. The number of amides is 1. The lowest BCUT2D eigenvalue weighted by Crippen LogP contribution is -2.32. The van der Waals surface area contributed by atoms with Gasteiger partial charge in [0.2, 0.25) is 0 Å². The number of nitrogens with zero attached hydrogens (tertiary/aromatic N) is 1. The van der Waals surface area contributed by atoms with E-state index in [1.807, 2.05) is 0 Å². The molecule has 1 aliphatic heterocycles. The number of ether oxygens (including phenoxy) is 1. The molecular weight excluding hydrogens is 228 g/mol. The summed E-state index contributed by atoms with van der Waals surface area (Å²) >= 11 is 5.70. The molecule has 1 aromatic rings. The fourth-order valence-electron chi connectivity index (χ4n) is 1.64. The van der Waals surface area contributed by atoms with Crippen LogP contribution in [0.5, 0.6) is 0 Å². The molecule has 0 aromatic carbocycles. The highest BCUT2D eigenvalue weighted by Crippen LogP contribution is 2.11. The number of hydrogen-bond acceptors (Lipinski definition) is 3. The molecule has 0 saturated carbocycles. The van der Waals surface area contributed by atoms with Gasteiger partial charge < -0.3 is 10.1 Å². The normalized spacial score (nSPS) is 19.7. The molecule has 5 heteroatoms. The molecule has 1 saturated heterocycles. The van der Waals surface area contributed by atoms with E-state index in [0.29, 0.717) is 17.4 Å². The van der Waals surface area contributed by atoms with E-state index < -0.39 is 0 Å². The van der Waals surface area contributed by atoms with Gasteiger partial charge in [-0.05, 0) is 25.0 Å². The predicted octanol–water partition coefficient (Wildman–Crippen LogP) is 1.64. The van der Waals surface area contributed by atoms with Gasteiger partial charge in [0.1, 0.15) is 10.8 Å². The highest BCUT2D eigenvalue weighted by atomic mass is 35.5. The Morgan fingerprint density at radius 2 is 2.50 bits per heavy atom. The molecule has 0 bridgehead atoms. The van der Waals surface area contributed by atoms with Crippen LogP contribution in [0.15, 0.2) is 18.2 Å². The Morgan fingerprint density at radius 3 is 3.19 bits per heavy atom. The van der Waals surface area contributed by atoms with Crippen LogP contribution in [-0.2, 0) is 4.74 Å². The largest absolute Gasteiger partial charge is 0.376 e. The third-order valence-corrected chi connectivity index (χ3v) is 2.67. The summed E-state index contributed by atoms with van der Waals surface area (Å²) in [6.07, 6.45) is 2.21. The van der Waals surface area contributed by atoms with Crippen LogP contribution in [0.25, 0.3) is 0 Å². The van der Waals surface area contributed by atoms with Crippen LogP contribution in [0.3, 0.4) is 0 Å². The Balaban J connectivity index is 1.87. The van der Waals surface area contributed by atoms with E-state index in [4.69, 9.17) is 16.3 Å². The van der Waals surface area contributed by atoms with Crippen molar-refractivity contribution in [1.29, 1.82) is 0 Å². The zero-order valence-corrected chi connectivity index (χ0v) is 9.54. The summed E-state index contributed by atoms with van der Waals surface area (Å²) in [4.78, 5) is 15.6. The fraction of sp³-hybridized carbons (Fsp3) is 0.455. The first-order chi connectivity index (χ1) is 7.75. The molecule has 0 spiro atoms. The lowest BCUT2D eigenvalue weighted by molar-refractivity contribution is 0.0853. The van der Waals surface area contributed by atoms with Crippen molar-refractivity contribution in [1.82, 2.24) is 10.3 Å². The molecule has 0 radical (unpaired) electrons. The standard InChI is InChI=1S/C11H13ClN2O2/c12-10-5-1-4-9(14-10)11(15)13-7-8-3-2-6-16-8/h1,4-5,8H,2-3,6-7H2,(H,13,15)/t8-/m0/s1. The average Bonchev–Trinajstić information content (AvgIpc) is 2.78. The van der Waals surface area contributed by atoms with Gasteiger partial charge in [-0.3, -0.25) is 4.79 Å². The Kier molecular flexibility index (Phi) is 3.74. The van der Waals surface area contributed by atoms with Gasteiger partial charge in [0, 0.05) is 13.2 Å². The van der Waals surface area contributed by atoms with E-state index in [9.17, 15) is 4.79 Å². The number of carbonyl (C=O) groups is 1. The van der Waals surface area contributed by atoms with E-state index in [-0.39, 0.29) is 12.0 Å². The summed E-state index contributed by atoms with van der Waals surface area (Å²) in [6, 6.07) is 4.98. The Hall–Kier alpha value is -1.13. The molecule has 2 rings (SSSR count). The molecule has 1 N–H and O–H groups in total. The summed E-state index contributed by atoms with van der Waals surface area (Å²) in [5.74, 6) is -0.210. The van der Waals surface area contributed by atoms with Crippen molar-refractivity contribution < 1.29 is 9.53 Å². The molecule has 1 fully saturated rings. The molecule has 86 valence electrons. The number of hydrogen-bond donors (Lipinski definition) is 1. The molecule has 1 amide bonds. The molecule has 2 heterocycles. The zero-order chi connectivity index (χ0) is 11.4. The third-order valence-electron chi connectivity index (χ3n) is 2.46. The maximum atomic E-state index is 11.7. The Bertz CT molecular complexity index is 378. The van der Waals surface area contributed by atoms with E-state index in [0.717, 1.165) is 19.4 Å². The summed E-state index contributed by atoms with van der Waals surface area (Å²) in [5, 5.41) is 3.11. The second-order valence-corrected chi connectivity index (χ2v) is 4.08. The zero-order valence-electron chi connectivity index (χ0n) is 8.78. The minimum absolute atomic E-state index is 0.142. The summed E-state index contributed by atoms with van der Waals surface area (Å²) in [6.45, 7) is 1.32. The summed E-state index contributed by atoms with van der Waals surface area (Å²) in [5.41, 5.74) is 0.338. The van der Waals surface area contributed by atoms with Gasteiger partial charge in [-0.2, -0.15) is 0 Å². The van der Waals surface area contributed by atoms with E-state index in [1.54, 1.807) is 18.2 Å². The lowest BCUT2D eigenvalue weighted by Gasteiger charge is -2.10. The number of nitrogens with one attached hydrogen (secondary N) is 1.